The van der Waals surface area contributed by atoms with Gasteiger partial charge in [-0.1, -0.05) is 13.8 Å². The van der Waals surface area contributed by atoms with Crippen molar-refractivity contribution in [2.24, 2.45) is 0 Å². The van der Waals surface area contributed by atoms with Crippen LogP contribution in [0.4, 0.5) is 5.82 Å². The Hall–Kier alpha value is -1.60. The summed E-state index contributed by atoms with van der Waals surface area (Å²) in [5, 5.41) is 13.1. The Kier molecular flexibility index (Phi) is 4.61. The van der Waals surface area contributed by atoms with Gasteiger partial charge >= 0.3 is 0 Å². The van der Waals surface area contributed by atoms with Crippen LogP contribution in [-0.4, -0.2) is 30.2 Å². The van der Waals surface area contributed by atoms with Gasteiger partial charge < -0.3 is 10.2 Å². The van der Waals surface area contributed by atoms with E-state index in [1.165, 1.54) is 0 Å². The van der Waals surface area contributed by atoms with Gasteiger partial charge in [0.05, 0.1) is 5.56 Å². The summed E-state index contributed by atoms with van der Waals surface area (Å²) in [6.45, 7) is 10.3. The van der Waals surface area contributed by atoms with E-state index in [9.17, 15) is 5.26 Å². The number of hydrogen-bond donors (Lipinski definition) is 1. The molecule has 1 N–H and O–H groups in total. The molecule has 0 bridgehead atoms. The molecule has 1 aromatic heterocycles. The zero-order chi connectivity index (χ0) is 14.7. The van der Waals surface area contributed by atoms with Crippen LogP contribution in [0.2, 0.25) is 0 Å². The molecule has 1 fully saturated rings. The first kappa shape index (κ1) is 14.8. The highest BCUT2D eigenvalue weighted by Crippen LogP contribution is 2.26. The average Bonchev–Trinajstić information content (AvgIpc) is 2.45. The Morgan fingerprint density at radius 2 is 2.15 bits per heavy atom. The molecular formula is C16H24N4. The fourth-order valence-electron chi connectivity index (χ4n) is 2.92. The van der Waals surface area contributed by atoms with Crippen LogP contribution >= 0.6 is 0 Å². The Morgan fingerprint density at radius 1 is 1.40 bits per heavy atom. The number of aryl methyl sites for hydroxylation is 2. The smallest absolute Gasteiger partial charge is 0.147 e. The Balaban J connectivity index is 2.44. The highest BCUT2D eigenvalue weighted by Gasteiger charge is 2.29. The van der Waals surface area contributed by atoms with Crippen molar-refractivity contribution in [1.82, 2.24) is 10.3 Å². The van der Waals surface area contributed by atoms with E-state index >= 15 is 0 Å². The number of anilines is 1. The van der Waals surface area contributed by atoms with Crippen LogP contribution in [-0.2, 0) is 0 Å². The van der Waals surface area contributed by atoms with Crippen molar-refractivity contribution in [1.29, 1.82) is 5.26 Å². The van der Waals surface area contributed by atoms with Crippen molar-refractivity contribution < 1.29 is 0 Å². The lowest BCUT2D eigenvalue weighted by Gasteiger charge is -2.41. The number of hydrogen-bond acceptors (Lipinski definition) is 4. The fraction of sp³-hybridized carbons (Fsp3) is 0.625. The maximum atomic E-state index is 9.47. The summed E-state index contributed by atoms with van der Waals surface area (Å²) in [6.07, 6.45) is 2.16. The molecule has 0 radical (unpaired) electrons. The van der Waals surface area contributed by atoms with E-state index in [4.69, 9.17) is 0 Å². The molecule has 2 unspecified atom stereocenters. The highest BCUT2D eigenvalue weighted by atomic mass is 15.3. The third kappa shape index (κ3) is 2.78. The molecule has 4 nitrogen and oxygen atoms in total. The van der Waals surface area contributed by atoms with Crippen LogP contribution in [0.15, 0.2) is 6.07 Å². The van der Waals surface area contributed by atoms with Gasteiger partial charge in [-0.3, -0.25) is 0 Å². The lowest BCUT2D eigenvalue weighted by molar-refractivity contribution is 0.376. The van der Waals surface area contributed by atoms with Crippen molar-refractivity contribution >= 4 is 5.82 Å². The number of piperazine rings is 1. The topological polar surface area (TPSA) is 52.0 Å². The van der Waals surface area contributed by atoms with Crippen LogP contribution in [0, 0.1) is 25.2 Å². The molecule has 0 saturated carbocycles. The highest BCUT2D eigenvalue weighted by molar-refractivity contribution is 5.59. The van der Waals surface area contributed by atoms with Crippen LogP contribution in [0.3, 0.4) is 0 Å². The van der Waals surface area contributed by atoms with Gasteiger partial charge in [-0.2, -0.15) is 5.26 Å². The first-order valence-corrected chi connectivity index (χ1v) is 7.49. The predicted molar refractivity (Wildman–Crippen MR) is 81.9 cm³/mol. The first-order chi connectivity index (χ1) is 9.60. The Morgan fingerprint density at radius 3 is 2.75 bits per heavy atom. The average molecular weight is 272 g/mol. The quantitative estimate of drug-likeness (QED) is 0.918. The van der Waals surface area contributed by atoms with Gasteiger partial charge in [0.1, 0.15) is 11.9 Å². The minimum absolute atomic E-state index is 0.415. The first-order valence-electron chi connectivity index (χ1n) is 7.49. The van der Waals surface area contributed by atoms with E-state index in [0.717, 1.165) is 48.6 Å². The minimum Gasteiger partial charge on any atom is -0.350 e. The predicted octanol–water partition coefficient (Wildman–Crippen LogP) is 2.54. The third-order valence-corrected chi connectivity index (χ3v) is 4.17. The molecule has 0 amide bonds. The number of aromatic nitrogens is 1. The summed E-state index contributed by atoms with van der Waals surface area (Å²) in [5.41, 5.74) is 2.74. The van der Waals surface area contributed by atoms with E-state index in [1.807, 2.05) is 19.9 Å². The van der Waals surface area contributed by atoms with Crippen molar-refractivity contribution in [3.8, 4) is 6.07 Å². The lowest BCUT2D eigenvalue weighted by Crippen LogP contribution is -2.56. The maximum Gasteiger partial charge on any atom is 0.147 e. The van der Waals surface area contributed by atoms with E-state index in [0.29, 0.717) is 12.1 Å². The summed E-state index contributed by atoms with van der Waals surface area (Å²) in [4.78, 5) is 7.01. The van der Waals surface area contributed by atoms with Gasteiger partial charge in [-0.05, 0) is 38.3 Å². The van der Waals surface area contributed by atoms with Crippen molar-refractivity contribution in [3.05, 3.63) is 22.9 Å². The number of nitrogens with one attached hydrogen (secondary N) is 1. The molecule has 1 aliphatic heterocycles. The second-order valence-electron chi connectivity index (χ2n) is 5.62. The van der Waals surface area contributed by atoms with Crippen LogP contribution in [0.5, 0.6) is 0 Å². The van der Waals surface area contributed by atoms with Crippen molar-refractivity contribution in [3.63, 3.8) is 0 Å². The van der Waals surface area contributed by atoms with Gasteiger partial charge in [0.15, 0.2) is 0 Å². The molecule has 4 heteroatoms. The number of rotatable bonds is 3. The molecule has 108 valence electrons. The van der Waals surface area contributed by atoms with Gasteiger partial charge in [0.2, 0.25) is 0 Å². The molecule has 0 spiro atoms. The SMILES string of the molecule is CCC1CN(c2nc(C)cc(C)c2C#N)C(CC)CN1. The standard InChI is InChI=1S/C16H24N4/c1-5-13-10-20(14(6-2)9-18-13)16-15(8-17)11(3)7-12(4)19-16/h7,13-14,18H,5-6,9-10H2,1-4H3. The molecule has 20 heavy (non-hydrogen) atoms. The van der Waals surface area contributed by atoms with E-state index in [-0.39, 0.29) is 0 Å². The molecular weight excluding hydrogens is 248 g/mol. The molecule has 2 heterocycles. The van der Waals surface area contributed by atoms with E-state index in [1.54, 1.807) is 0 Å². The second kappa shape index (κ2) is 6.23. The number of nitriles is 1. The largest absolute Gasteiger partial charge is 0.350 e. The van der Waals surface area contributed by atoms with E-state index < -0.39 is 0 Å². The van der Waals surface area contributed by atoms with Crippen LogP contribution in [0.25, 0.3) is 0 Å². The van der Waals surface area contributed by atoms with Gasteiger partial charge in [-0.15, -0.1) is 0 Å². The maximum absolute atomic E-state index is 9.47. The second-order valence-corrected chi connectivity index (χ2v) is 5.62. The zero-order valence-corrected chi connectivity index (χ0v) is 12.9. The summed E-state index contributed by atoms with van der Waals surface area (Å²) < 4.78 is 0. The molecule has 0 aliphatic carbocycles. The van der Waals surface area contributed by atoms with Crippen LogP contribution in [0.1, 0.15) is 43.5 Å². The normalized spacial score (nSPS) is 22.6. The Labute approximate surface area is 121 Å². The van der Waals surface area contributed by atoms with Gasteiger partial charge in [-0.25, -0.2) is 4.98 Å². The van der Waals surface area contributed by atoms with Gasteiger partial charge in [0.25, 0.3) is 0 Å². The lowest BCUT2D eigenvalue weighted by atomic mass is 10.0. The van der Waals surface area contributed by atoms with Crippen LogP contribution < -0.4 is 10.2 Å². The fourth-order valence-corrected chi connectivity index (χ4v) is 2.92. The van der Waals surface area contributed by atoms with Crippen molar-refractivity contribution in [2.75, 3.05) is 18.0 Å². The summed E-state index contributed by atoms with van der Waals surface area (Å²) >= 11 is 0. The molecule has 0 aromatic carbocycles. The Bertz CT molecular complexity index is 518. The summed E-state index contributed by atoms with van der Waals surface area (Å²) in [6, 6.07) is 5.22. The summed E-state index contributed by atoms with van der Waals surface area (Å²) in [7, 11) is 0. The molecule has 1 saturated heterocycles. The molecule has 2 rings (SSSR count). The number of pyridine rings is 1. The molecule has 2 atom stereocenters. The number of nitrogens with zero attached hydrogens (tertiary/aromatic N) is 3. The van der Waals surface area contributed by atoms with Gasteiger partial charge in [0, 0.05) is 30.9 Å². The van der Waals surface area contributed by atoms with Crippen molar-refractivity contribution in [2.45, 2.75) is 52.6 Å². The summed E-state index contributed by atoms with van der Waals surface area (Å²) in [5.74, 6) is 0.872. The molecule has 1 aliphatic rings. The third-order valence-electron chi connectivity index (χ3n) is 4.17. The minimum atomic E-state index is 0.415. The zero-order valence-electron chi connectivity index (χ0n) is 12.9. The molecule has 1 aromatic rings. The monoisotopic (exact) mass is 272 g/mol. The van der Waals surface area contributed by atoms with E-state index in [2.05, 4.69) is 35.1 Å².